The van der Waals surface area contributed by atoms with Crippen LogP contribution < -0.4 is 10.2 Å². The lowest BCUT2D eigenvalue weighted by Gasteiger charge is -2.32. The average Bonchev–Trinajstić information content (AvgIpc) is 2.30. The molecule has 0 bridgehead atoms. The average molecular weight is 250 g/mol. The normalized spacial score (nSPS) is 12.6. The maximum Gasteiger partial charge on any atom is 0.0576 e. The van der Waals surface area contributed by atoms with Gasteiger partial charge in [-0.25, -0.2) is 0 Å². The quantitative estimate of drug-likeness (QED) is 0.804. The molecule has 1 rings (SSSR count). The summed E-state index contributed by atoms with van der Waals surface area (Å²) in [6.45, 7) is 9.49. The highest BCUT2D eigenvalue weighted by molar-refractivity contribution is 5.56. The molecule has 0 saturated heterocycles. The van der Waals surface area contributed by atoms with E-state index in [0.717, 1.165) is 25.3 Å². The number of nitrogens with one attached hydrogen (secondary N) is 1. The first-order chi connectivity index (χ1) is 8.58. The molecule has 1 aromatic heterocycles. The molecule has 102 valence electrons. The van der Waals surface area contributed by atoms with Crippen LogP contribution in [0.2, 0.25) is 0 Å². The summed E-state index contributed by atoms with van der Waals surface area (Å²) in [4.78, 5) is 8.92. The molecule has 1 atom stereocenters. The number of likely N-dealkylation sites (N-methyl/N-ethyl adjacent to an activating group) is 2. The number of nitrogens with zero attached hydrogens (tertiary/aromatic N) is 3. The summed E-state index contributed by atoms with van der Waals surface area (Å²) >= 11 is 0. The molecular weight excluding hydrogens is 224 g/mol. The Morgan fingerprint density at radius 1 is 1.28 bits per heavy atom. The van der Waals surface area contributed by atoms with E-state index in [4.69, 9.17) is 0 Å². The molecule has 0 saturated carbocycles. The van der Waals surface area contributed by atoms with Gasteiger partial charge in [0.05, 0.1) is 23.8 Å². The maximum atomic E-state index is 4.32. The van der Waals surface area contributed by atoms with Crippen LogP contribution in [0.25, 0.3) is 0 Å². The minimum absolute atomic E-state index is 0.476. The minimum Gasteiger partial charge on any atom is -0.384 e. The Hall–Kier alpha value is -1.29. The third-order valence-corrected chi connectivity index (χ3v) is 2.94. The van der Waals surface area contributed by atoms with Crippen LogP contribution in [0.15, 0.2) is 18.5 Å². The number of hydrogen-bond acceptors (Lipinski definition) is 4. The van der Waals surface area contributed by atoms with Gasteiger partial charge < -0.3 is 15.1 Å². The smallest absolute Gasteiger partial charge is 0.0576 e. The predicted octanol–water partition coefficient (Wildman–Crippen LogP) is 2.29. The predicted molar refractivity (Wildman–Crippen MR) is 79.4 cm³/mol. The van der Waals surface area contributed by atoms with Crippen molar-refractivity contribution in [1.29, 1.82) is 0 Å². The number of pyridine rings is 1. The van der Waals surface area contributed by atoms with Gasteiger partial charge >= 0.3 is 0 Å². The van der Waals surface area contributed by atoms with E-state index in [0.29, 0.717) is 6.04 Å². The van der Waals surface area contributed by atoms with Crippen LogP contribution in [0.4, 0.5) is 11.4 Å². The number of hydrogen-bond donors (Lipinski definition) is 1. The number of anilines is 2. The Labute approximate surface area is 111 Å². The second kappa shape index (κ2) is 7.21. The monoisotopic (exact) mass is 250 g/mol. The largest absolute Gasteiger partial charge is 0.384 e. The van der Waals surface area contributed by atoms with Crippen LogP contribution >= 0.6 is 0 Å². The highest BCUT2D eigenvalue weighted by Crippen LogP contribution is 2.20. The molecule has 1 N–H and O–H groups in total. The third-order valence-electron chi connectivity index (χ3n) is 2.94. The highest BCUT2D eigenvalue weighted by Gasteiger charge is 2.14. The SMILES string of the molecule is CCNc1cncc(N(CC)C(C)CN(C)C)c1. The molecule has 0 aliphatic carbocycles. The summed E-state index contributed by atoms with van der Waals surface area (Å²) in [5.74, 6) is 0. The van der Waals surface area contributed by atoms with Crippen LogP contribution in [-0.4, -0.2) is 49.7 Å². The van der Waals surface area contributed by atoms with E-state index in [-0.39, 0.29) is 0 Å². The molecule has 18 heavy (non-hydrogen) atoms. The standard InChI is InChI=1S/C14H26N4/c1-6-16-13-8-14(10-15-9-13)18(7-2)12(3)11-17(4)5/h8-10,12,16H,6-7,11H2,1-5H3. The summed E-state index contributed by atoms with van der Waals surface area (Å²) in [5.41, 5.74) is 2.27. The minimum atomic E-state index is 0.476. The Balaban J connectivity index is 2.83. The van der Waals surface area contributed by atoms with Crippen molar-refractivity contribution in [3.8, 4) is 0 Å². The first-order valence-corrected chi connectivity index (χ1v) is 6.68. The molecule has 0 radical (unpaired) electrons. The van der Waals surface area contributed by atoms with Crippen molar-refractivity contribution in [1.82, 2.24) is 9.88 Å². The molecule has 4 nitrogen and oxygen atoms in total. The van der Waals surface area contributed by atoms with Crippen molar-refractivity contribution in [2.45, 2.75) is 26.8 Å². The lowest BCUT2D eigenvalue weighted by molar-refractivity contribution is 0.373. The fourth-order valence-electron chi connectivity index (χ4n) is 2.26. The van der Waals surface area contributed by atoms with Crippen LogP contribution in [0.5, 0.6) is 0 Å². The van der Waals surface area contributed by atoms with Crippen molar-refractivity contribution in [2.24, 2.45) is 0 Å². The Morgan fingerprint density at radius 2 is 2.00 bits per heavy atom. The third kappa shape index (κ3) is 4.18. The molecular formula is C14H26N4. The van der Waals surface area contributed by atoms with Crippen LogP contribution in [0.3, 0.4) is 0 Å². The van der Waals surface area contributed by atoms with Gasteiger partial charge in [-0.2, -0.15) is 0 Å². The van der Waals surface area contributed by atoms with Gasteiger partial charge in [0.1, 0.15) is 0 Å². The molecule has 0 amide bonds. The summed E-state index contributed by atoms with van der Waals surface area (Å²) in [6, 6.07) is 2.65. The van der Waals surface area contributed by atoms with Gasteiger partial charge in [-0.15, -0.1) is 0 Å². The molecule has 0 fully saturated rings. The molecule has 1 heterocycles. The summed E-state index contributed by atoms with van der Waals surface area (Å²) in [7, 11) is 4.22. The lowest BCUT2D eigenvalue weighted by atomic mass is 10.2. The Kier molecular flexibility index (Phi) is 5.92. The zero-order valence-corrected chi connectivity index (χ0v) is 12.3. The molecule has 0 aromatic carbocycles. The van der Waals surface area contributed by atoms with E-state index in [1.54, 1.807) is 0 Å². The van der Waals surface area contributed by atoms with Gasteiger partial charge in [0.15, 0.2) is 0 Å². The fraction of sp³-hybridized carbons (Fsp3) is 0.643. The van der Waals surface area contributed by atoms with Gasteiger partial charge in [-0.3, -0.25) is 4.98 Å². The van der Waals surface area contributed by atoms with E-state index in [1.165, 1.54) is 5.69 Å². The van der Waals surface area contributed by atoms with Crippen LogP contribution in [0, 0.1) is 0 Å². The van der Waals surface area contributed by atoms with E-state index >= 15 is 0 Å². The first-order valence-electron chi connectivity index (χ1n) is 6.68. The van der Waals surface area contributed by atoms with Gasteiger partial charge in [0, 0.05) is 25.7 Å². The zero-order chi connectivity index (χ0) is 13.5. The summed E-state index contributed by atoms with van der Waals surface area (Å²) in [6.07, 6.45) is 3.81. The lowest BCUT2D eigenvalue weighted by Crippen LogP contribution is -2.40. The first kappa shape index (κ1) is 14.8. The van der Waals surface area contributed by atoms with Crippen molar-refractivity contribution >= 4 is 11.4 Å². The van der Waals surface area contributed by atoms with Gasteiger partial charge in [0.25, 0.3) is 0 Å². The number of rotatable bonds is 7. The molecule has 1 unspecified atom stereocenters. The van der Waals surface area contributed by atoms with Crippen molar-refractivity contribution in [3.63, 3.8) is 0 Å². The Bertz CT molecular complexity index is 351. The van der Waals surface area contributed by atoms with Crippen molar-refractivity contribution in [2.75, 3.05) is 43.9 Å². The van der Waals surface area contributed by atoms with Crippen molar-refractivity contribution < 1.29 is 0 Å². The van der Waals surface area contributed by atoms with Crippen LogP contribution in [0.1, 0.15) is 20.8 Å². The van der Waals surface area contributed by atoms with E-state index in [1.807, 2.05) is 12.4 Å². The second-order valence-corrected chi connectivity index (χ2v) is 4.86. The summed E-state index contributed by atoms with van der Waals surface area (Å²) < 4.78 is 0. The second-order valence-electron chi connectivity index (χ2n) is 4.86. The molecule has 1 aromatic rings. The highest BCUT2D eigenvalue weighted by atomic mass is 15.2. The molecule has 0 aliphatic heterocycles. The number of aromatic nitrogens is 1. The molecule has 4 heteroatoms. The summed E-state index contributed by atoms with van der Waals surface area (Å²) in [5, 5.41) is 3.31. The van der Waals surface area contributed by atoms with Crippen LogP contribution in [-0.2, 0) is 0 Å². The van der Waals surface area contributed by atoms with Gasteiger partial charge in [-0.1, -0.05) is 0 Å². The van der Waals surface area contributed by atoms with Gasteiger partial charge in [-0.05, 0) is 40.9 Å². The van der Waals surface area contributed by atoms with Crippen molar-refractivity contribution in [3.05, 3.63) is 18.5 Å². The van der Waals surface area contributed by atoms with E-state index < -0.39 is 0 Å². The Morgan fingerprint density at radius 3 is 2.56 bits per heavy atom. The fourth-order valence-corrected chi connectivity index (χ4v) is 2.26. The zero-order valence-electron chi connectivity index (χ0n) is 12.3. The van der Waals surface area contributed by atoms with Gasteiger partial charge in [0.2, 0.25) is 0 Å². The molecule has 0 aliphatic rings. The van der Waals surface area contributed by atoms with E-state index in [2.05, 4.69) is 61.0 Å². The molecule has 0 spiro atoms. The topological polar surface area (TPSA) is 31.4 Å². The maximum absolute atomic E-state index is 4.32. The van der Waals surface area contributed by atoms with E-state index in [9.17, 15) is 0 Å².